The molecule has 0 aromatic carbocycles. The molecule has 104 valence electrons. The second kappa shape index (κ2) is 7.35. The van der Waals surface area contributed by atoms with Crippen LogP contribution in [0, 0.1) is 6.92 Å². The van der Waals surface area contributed by atoms with Crippen molar-refractivity contribution < 1.29 is 9.59 Å². The molecule has 0 saturated carbocycles. The highest BCUT2D eigenvalue weighted by Crippen LogP contribution is 2.14. The van der Waals surface area contributed by atoms with Crippen molar-refractivity contribution in [1.29, 1.82) is 0 Å². The molecule has 0 atom stereocenters. The van der Waals surface area contributed by atoms with E-state index in [2.05, 4.69) is 20.9 Å². The van der Waals surface area contributed by atoms with Gasteiger partial charge in [0.05, 0.1) is 17.8 Å². The van der Waals surface area contributed by atoms with Gasteiger partial charge in [-0.15, -0.1) is 0 Å². The van der Waals surface area contributed by atoms with Crippen LogP contribution < -0.4 is 16.0 Å². The number of nitrogens with one attached hydrogen (secondary N) is 3. The molecular formula is C13H20N4O2. The van der Waals surface area contributed by atoms with Gasteiger partial charge < -0.3 is 16.0 Å². The highest BCUT2D eigenvalue weighted by atomic mass is 16.2. The molecule has 6 nitrogen and oxygen atoms in total. The van der Waals surface area contributed by atoms with E-state index in [0.29, 0.717) is 17.8 Å². The van der Waals surface area contributed by atoms with E-state index in [9.17, 15) is 9.59 Å². The number of carbonyl (C=O) groups excluding carboxylic acids is 2. The minimum absolute atomic E-state index is 0.0319. The Kier molecular flexibility index (Phi) is 5.78. The van der Waals surface area contributed by atoms with Crippen molar-refractivity contribution in [2.75, 3.05) is 25.5 Å². The van der Waals surface area contributed by atoms with Gasteiger partial charge in [-0.1, -0.05) is 6.92 Å². The van der Waals surface area contributed by atoms with Gasteiger partial charge in [-0.25, -0.2) is 0 Å². The fourth-order valence-corrected chi connectivity index (χ4v) is 1.53. The van der Waals surface area contributed by atoms with Gasteiger partial charge in [0.1, 0.15) is 0 Å². The molecule has 0 aliphatic heterocycles. The standard InChI is InChI=1S/C13H20N4O2/c1-4-5-15-12(18)8-17-13(19)10-7-16-9(2)6-11(10)14-3/h6-7H,4-5,8H2,1-3H3,(H,14,16)(H,15,18)(H,17,19). The van der Waals surface area contributed by atoms with E-state index >= 15 is 0 Å². The quantitative estimate of drug-likeness (QED) is 0.706. The van der Waals surface area contributed by atoms with Crippen LogP contribution in [0.15, 0.2) is 12.3 Å². The third-order valence-corrected chi connectivity index (χ3v) is 2.54. The number of rotatable bonds is 6. The fraction of sp³-hybridized carbons (Fsp3) is 0.462. The molecule has 2 amide bonds. The SMILES string of the molecule is CCCNC(=O)CNC(=O)c1cnc(C)cc1NC. The first-order valence-corrected chi connectivity index (χ1v) is 6.27. The molecule has 0 saturated heterocycles. The van der Waals surface area contributed by atoms with E-state index in [-0.39, 0.29) is 18.4 Å². The maximum Gasteiger partial charge on any atom is 0.255 e. The molecule has 19 heavy (non-hydrogen) atoms. The van der Waals surface area contributed by atoms with Crippen molar-refractivity contribution >= 4 is 17.5 Å². The summed E-state index contributed by atoms with van der Waals surface area (Å²) in [5, 5.41) is 8.20. The van der Waals surface area contributed by atoms with Crippen molar-refractivity contribution in [2.45, 2.75) is 20.3 Å². The fourth-order valence-electron chi connectivity index (χ4n) is 1.53. The number of nitrogens with zero attached hydrogens (tertiary/aromatic N) is 1. The average Bonchev–Trinajstić information content (AvgIpc) is 2.42. The Balaban J connectivity index is 2.61. The van der Waals surface area contributed by atoms with Crippen molar-refractivity contribution in [3.05, 3.63) is 23.5 Å². The number of pyridine rings is 1. The van der Waals surface area contributed by atoms with Gasteiger partial charge >= 0.3 is 0 Å². The zero-order valence-electron chi connectivity index (χ0n) is 11.5. The smallest absolute Gasteiger partial charge is 0.255 e. The number of anilines is 1. The molecule has 0 fully saturated rings. The third-order valence-electron chi connectivity index (χ3n) is 2.54. The largest absolute Gasteiger partial charge is 0.387 e. The van der Waals surface area contributed by atoms with Gasteiger partial charge in [0.25, 0.3) is 5.91 Å². The first-order chi connectivity index (χ1) is 9.08. The molecule has 0 unspecified atom stereocenters. The third kappa shape index (κ3) is 4.57. The van der Waals surface area contributed by atoms with E-state index in [0.717, 1.165) is 12.1 Å². The van der Waals surface area contributed by atoms with Crippen LogP contribution in [0.4, 0.5) is 5.69 Å². The Labute approximate surface area is 113 Å². The van der Waals surface area contributed by atoms with Crippen molar-refractivity contribution in [3.63, 3.8) is 0 Å². The van der Waals surface area contributed by atoms with Crippen molar-refractivity contribution in [3.8, 4) is 0 Å². The summed E-state index contributed by atoms with van der Waals surface area (Å²) in [4.78, 5) is 27.4. The van der Waals surface area contributed by atoms with E-state index in [1.165, 1.54) is 6.20 Å². The maximum absolute atomic E-state index is 11.9. The molecule has 0 radical (unpaired) electrons. The molecular weight excluding hydrogens is 244 g/mol. The van der Waals surface area contributed by atoms with E-state index in [1.807, 2.05) is 13.8 Å². The summed E-state index contributed by atoms with van der Waals surface area (Å²) < 4.78 is 0. The molecule has 0 spiro atoms. The monoisotopic (exact) mass is 264 g/mol. The lowest BCUT2D eigenvalue weighted by atomic mass is 10.2. The minimum Gasteiger partial charge on any atom is -0.387 e. The van der Waals surface area contributed by atoms with Gasteiger partial charge in [-0.05, 0) is 19.4 Å². The van der Waals surface area contributed by atoms with Gasteiger partial charge in [-0.2, -0.15) is 0 Å². The van der Waals surface area contributed by atoms with Gasteiger partial charge in [0.15, 0.2) is 0 Å². The maximum atomic E-state index is 11.9. The number of aromatic nitrogens is 1. The van der Waals surface area contributed by atoms with Crippen LogP contribution in [0.2, 0.25) is 0 Å². The van der Waals surface area contributed by atoms with Crippen molar-refractivity contribution in [2.24, 2.45) is 0 Å². The van der Waals surface area contributed by atoms with Gasteiger partial charge in [0.2, 0.25) is 5.91 Å². The molecule has 1 aromatic heterocycles. The molecule has 0 aliphatic carbocycles. The Morgan fingerprint density at radius 2 is 2.05 bits per heavy atom. The zero-order chi connectivity index (χ0) is 14.3. The molecule has 0 aliphatic rings. The topological polar surface area (TPSA) is 83.1 Å². The molecule has 3 N–H and O–H groups in total. The Bertz CT molecular complexity index is 460. The molecule has 0 bridgehead atoms. The first kappa shape index (κ1) is 14.9. The Morgan fingerprint density at radius 1 is 1.32 bits per heavy atom. The lowest BCUT2D eigenvalue weighted by Crippen LogP contribution is -2.37. The molecule has 1 heterocycles. The summed E-state index contributed by atoms with van der Waals surface area (Å²) in [6.45, 7) is 4.40. The predicted octanol–water partition coefficient (Wildman–Crippen LogP) is 0.688. The lowest BCUT2D eigenvalue weighted by molar-refractivity contribution is -0.120. The number of hydrogen-bond acceptors (Lipinski definition) is 4. The Morgan fingerprint density at radius 3 is 2.68 bits per heavy atom. The summed E-state index contributed by atoms with van der Waals surface area (Å²) in [7, 11) is 1.74. The minimum atomic E-state index is -0.316. The molecule has 1 rings (SSSR count). The number of aryl methyl sites for hydroxylation is 1. The van der Waals surface area contributed by atoms with Crippen LogP contribution >= 0.6 is 0 Å². The predicted molar refractivity (Wildman–Crippen MR) is 74.2 cm³/mol. The van der Waals surface area contributed by atoms with Crippen LogP contribution in [-0.4, -0.2) is 36.9 Å². The van der Waals surface area contributed by atoms with Crippen molar-refractivity contribution in [1.82, 2.24) is 15.6 Å². The molecule has 1 aromatic rings. The van der Waals surface area contributed by atoms with Gasteiger partial charge in [0, 0.05) is 25.5 Å². The first-order valence-electron chi connectivity index (χ1n) is 6.27. The van der Waals surface area contributed by atoms with E-state index < -0.39 is 0 Å². The summed E-state index contributed by atoms with van der Waals surface area (Å²) in [5.41, 5.74) is 1.94. The molecule has 6 heteroatoms. The highest BCUT2D eigenvalue weighted by Gasteiger charge is 2.12. The number of hydrogen-bond donors (Lipinski definition) is 3. The zero-order valence-corrected chi connectivity index (χ0v) is 11.5. The normalized spacial score (nSPS) is 9.84. The van der Waals surface area contributed by atoms with Crippen LogP contribution in [0.1, 0.15) is 29.4 Å². The van der Waals surface area contributed by atoms with Crippen LogP contribution in [0.5, 0.6) is 0 Å². The summed E-state index contributed by atoms with van der Waals surface area (Å²) in [5.74, 6) is -0.509. The Hall–Kier alpha value is -2.11. The van der Waals surface area contributed by atoms with Crippen LogP contribution in [0.25, 0.3) is 0 Å². The van der Waals surface area contributed by atoms with E-state index in [1.54, 1.807) is 13.1 Å². The summed E-state index contributed by atoms with van der Waals surface area (Å²) in [6.07, 6.45) is 2.37. The van der Waals surface area contributed by atoms with Crippen LogP contribution in [-0.2, 0) is 4.79 Å². The van der Waals surface area contributed by atoms with Gasteiger partial charge in [-0.3, -0.25) is 14.6 Å². The average molecular weight is 264 g/mol. The lowest BCUT2D eigenvalue weighted by Gasteiger charge is -2.10. The van der Waals surface area contributed by atoms with Crippen LogP contribution in [0.3, 0.4) is 0 Å². The number of carbonyl (C=O) groups is 2. The summed E-state index contributed by atoms with van der Waals surface area (Å²) in [6, 6.07) is 1.78. The number of amides is 2. The second-order valence-corrected chi connectivity index (χ2v) is 4.15. The highest BCUT2D eigenvalue weighted by molar-refractivity contribution is 6.00. The van der Waals surface area contributed by atoms with E-state index in [4.69, 9.17) is 0 Å². The second-order valence-electron chi connectivity index (χ2n) is 4.15. The summed E-state index contributed by atoms with van der Waals surface area (Å²) >= 11 is 0.